The third kappa shape index (κ3) is 1.82. The van der Waals surface area contributed by atoms with E-state index in [1.165, 1.54) is 11.5 Å². The fourth-order valence-corrected chi connectivity index (χ4v) is 2.60. The monoisotopic (exact) mass is 197 g/mol. The normalized spacial score (nSPS) is 23.5. The summed E-state index contributed by atoms with van der Waals surface area (Å²) in [6, 6.07) is 0.601. The number of anilines is 1. The number of nitrogens with zero attached hydrogens (tertiary/aromatic N) is 2. The number of rotatable bonds is 1. The van der Waals surface area contributed by atoms with Crippen molar-refractivity contribution < 1.29 is 0 Å². The topological polar surface area (TPSA) is 31.9 Å². The summed E-state index contributed by atoms with van der Waals surface area (Å²) in [7, 11) is 0. The third-order valence-electron chi connectivity index (χ3n) is 2.33. The zero-order valence-corrected chi connectivity index (χ0v) is 8.90. The van der Waals surface area contributed by atoms with E-state index in [2.05, 4.69) is 21.8 Å². The molecule has 0 radical (unpaired) electrons. The highest BCUT2D eigenvalue weighted by molar-refractivity contribution is 7.99. The number of aromatic nitrogens is 2. The molecule has 1 aliphatic rings. The summed E-state index contributed by atoms with van der Waals surface area (Å²) in [4.78, 5) is 9.98. The second-order valence-corrected chi connectivity index (χ2v) is 4.66. The van der Waals surface area contributed by atoms with Crippen LogP contribution in [-0.4, -0.2) is 34.1 Å². The van der Waals surface area contributed by atoms with Crippen LogP contribution in [-0.2, 0) is 0 Å². The Morgan fingerprint density at radius 2 is 2.54 bits per heavy atom. The lowest BCUT2D eigenvalue weighted by Gasteiger charge is -2.32. The van der Waals surface area contributed by atoms with Crippen LogP contribution in [0.3, 0.4) is 0 Å². The van der Waals surface area contributed by atoms with E-state index in [0.717, 1.165) is 18.2 Å². The molecule has 0 spiro atoms. The van der Waals surface area contributed by atoms with Crippen molar-refractivity contribution in [2.24, 2.45) is 0 Å². The molecule has 72 valence electrons. The zero-order valence-electron chi connectivity index (χ0n) is 8.08. The van der Waals surface area contributed by atoms with Crippen LogP contribution < -0.4 is 4.90 Å². The Morgan fingerprint density at radius 3 is 3.15 bits per heavy atom. The molecule has 1 aliphatic heterocycles. The van der Waals surface area contributed by atoms with Crippen molar-refractivity contribution in [3.63, 3.8) is 0 Å². The molecule has 0 bridgehead atoms. The minimum atomic E-state index is 0.601. The Morgan fingerprint density at radius 1 is 1.69 bits per heavy atom. The first-order valence-electron chi connectivity index (χ1n) is 4.63. The van der Waals surface area contributed by atoms with Crippen LogP contribution >= 0.6 is 11.8 Å². The van der Waals surface area contributed by atoms with Crippen molar-refractivity contribution in [3.8, 4) is 0 Å². The average Bonchev–Trinajstić information content (AvgIpc) is 2.53. The summed E-state index contributed by atoms with van der Waals surface area (Å²) in [5.74, 6) is 3.45. The molecule has 1 aromatic heterocycles. The number of hydrogen-bond acceptors (Lipinski definition) is 3. The lowest BCUT2D eigenvalue weighted by atomic mass is 10.3. The number of H-pyrrole nitrogens is 1. The van der Waals surface area contributed by atoms with E-state index in [0.29, 0.717) is 6.04 Å². The van der Waals surface area contributed by atoms with Crippen LogP contribution in [0.4, 0.5) is 5.95 Å². The van der Waals surface area contributed by atoms with E-state index in [4.69, 9.17) is 0 Å². The molecule has 0 amide bonds. The molecular formula is C9H15N3S. The van der Waals surface area contributed by atoms with Crippen molar-refractivity contribution in [3.05, 3.63) is 11.9 Å². The fourth-order valence-electron chi connectivity index (χ4n) is 1.59. The Bertz CT molecular complexity index is 284. The quantitative estimate of drug-likeness (QED) is 0.743. The molecule has 1 saturated heterocycles. The van der Waals surface area contributed by atoms with Gasteiger partial charge >= 0.3 is 0 Å². The van der Waals surface area contributed by atoms with Crippen LogP contribution in [0.25, 0.3) is 0 Å². The van der Waals surface area contributed by atoms with Gasteiger partial charge in [-0.2, -0.15) is 11.8 Å². The standard InChI is InChI=1S/C9H15N3S/c1-7-5-10-9(11-7)12-3-4-13-6-8(12)2/h5,8H,3-4,6H2,1-2H3,(H,10,11). The molecule has 2 heterocycles. The van der Waals surface area contributed by atoms with Crippen LogP contribution in [0.15, 0.2) is 6.20 Å². The fraction of sp³-hybridized carbons (Fsp3) is 0.667. The summed E-state index contributed by atoms with van der Waals surface area (Å²) >= 11 is 2.02. The van der Waals surface area contributed by atoms with Gasteiger partial charge in [-0.3, -0.25) is 0 Å². The second kappa shape index (κ2) is 3.62. The van der Waals surface area contributed by atoms with Crippen LogP contribution in [0.2, 0.25) is 0 Å². The molecule has 1 unspecified atom stereocenters. The number of aryl methyl sites for hydroxylation is 1. The Hall–Kier alpha value is -0.640. The third-order valence-corrected chi connectivity index (χ3v) is 3.52. The summed E-state index contributed by atoms with van der Waals surface area (Å²) in [6.07, 6.45) is 1.89. The molecule has 2 rings (SSSR count). The van der Waals surface area contributed by atoms with Gasteiger partial charge in [0.25, 0.3) is 0 Å². The number of aromatic amines is 1. The number of hydrogen-bond donors (Lipinski definition) is 1. The first-order chi connectivity index (χ1) is 6.27. The number of nitrogens with one attached hydrogen (secondary N) is 1. The summed E-state index contributed by atoms with van der Waals surface area (Å²) in [6.45, 7) is 5.41. The van der Waals surface area contributed by atoms with Gasteiger partial charge in [-0.15, -0.1) is 0 Å². The highest BCUT2D eigenvalue weighted by atomic mass is 32.2. The van der Waals surface area contributed by atoms with Crippen molar-refractivity contribution >= 4 is 17.7 Å². The number of thioether (sulfide) groups is 1. The van der Waals surface area contributed by atoms with E-state index >= 15 is 0 Å². The smallest absolute Gasteiger partial charge is 0.203 e. The van der Waals surface area contributed by atoms with Crippen molar-refractivity contribution in [2.45, 2.75) is 19.9 Å². The van der Waals surface area contributed by atoms with Crippen molar-refractivity contribution in [2.75, 3.05) is 23.0 Å². The average molecular weight is 197 g/mol. The highest BCUT2D eigenvalue weighted by Gasteiger charge is 2.20. The first-order valence-corrected chi connectivity index (χ1v) is 5.79. The largest absolute Gasteiger partial charge is 0.338 e. The van der Waals surface area contributed by atoms with Gasteiger partial charge in [-0.1, -0.05) is 0 Å². The van der Waals surface area contributed by atoms with E-state index in [1.54, 1.807) is 0 Å². The van der Waals surface area contributed by atoms with E-state index < -0.39 is 0 Å². The molecule has 1 fully saturated rings. The van der Waals surface area contributed by atoms with Crippen LogP contribution in [0.5, 0.6) is 0 Å². The van der Waals surface area contributed by atoms with Crippen LogP contribution in [0, 0.1) is 6.92 Å². The number of imidazole rings is 1. The van der Waals surface area contributed by atoms with Crippen LogP contribution in [0.1, 0.15) is 12.6 Å². The van der Waals surface area contributed by atoms with Gasteiger partial charge in [0, 0.05) is 36.0 Å². The lowest BCUT2D eigenvalue weighted by Crippen LogP contribution is -2.41. The molecule has 1 atom stereocenters. The zero-order chi connectivity index (χ0) is 9.26. The second-order valence-electron chi connectivity index (χ2n) is 3.51. The van der Waals surface area contributed by atoms with E-state index in [9.17, 15) is 0 Å². The van der Waals surface area contributed by atoms with Gasteiger partial charge in [0.1, 0.15) is 0 Å². The molecule has 4 heteroatoms. The van der Waals surface area contributed by atoms with Gasteiger partial charge in [0.2, 0.25) is 5.95 Å². The summed E-state index contributed by atoms with van der Waals surface area (Å²) < 4.78 is 0. The molecule has 13 heavy (non-hydrogen) atoms. The maximum atomic E-state index is 4.35. The molecule has 0 aliphatic carbocycles. The van der Waals surface area contributed by atoms with Gasteiger partial charge in [0.15, 0.2) is 0 Å². The molecular weight excluding hydrogens is 182 g/mol. The molecule has 1 aromatic rings. The predicted octanol–water partition coefficient (Wildman–Crippen LogP) is 1.66. The minimum absolute atomic E-state index is 0.601. The maximum absolute atomic E-state index is 4.35. The molecule has 0 saturated carbocycles. The van der Waals surface area contributed by atoms with E-state index in [1.807, 2.05) is 24.9 Å². The minimum Gasteiger partial charge on any atom is -0.338 e. The molecule has 0 aromatic carbocycles. The van der Waals surface area contributed by atoms with E-state index in [-0.39, 0.29) is 0 Å². The highest BCUT2D eigenvalue weighted by Crippen LogP contribution is 2.20. The Balaban J connectivity index is 2.14. The van der Waals surface area contributed by atoms with Gasteiger partial charge in [-0.25, -0.2) is 4.98 Å². The van der Waals surface area contributed by atoms with Gasteiger partial charge in [0.05, 0.1) is 0 Å². The SMILES string of the molecule is Cc1cnc(N2CCSCC2C)[nH]1. The van der Waals surface area contributed by atoms with Gasteiger partial charge in [-0.05, 0) is 13.8 Å². The predicted molar refractivity (Wildman–Crippen MR) is 57.5 cm³/mol. The van der Waals surface area contributed by atoms with Gasteiger partial charge < -0.3 is 9.88 Å². The first kappa shape index (κ1) is 8.94. The summed E-state index contributed by atoms with van der Waals surface area (Å²) in [5, 5.41) is 0. The molecule has 1 N–H and O–H groups in total. The maximum Gasteiger partial charge on any atom is 0.203 e. The lowest BCUT2D eigenvalue weighted by molar-refractivity contribution is 0.681. The van der Waals surface area contributed by atoms with Crippen molar-refractivity contribution in [1.29, 1.82) is 0 Å². The molecule has 3 nitrogen and oxygen atoms in total. The van der Waals surface area contributed by atoms with Crippen molar-refractivity contribution in [1.82, 2.24) is 9.97 Å². The Labute approximate surface area is 82.9 Å². The Kier molecular flexibility index (Phi) is 2.49. The summed E-state index contributed by atoms with van der Waals surface area (Å²) in [5.41, 5.74) is 1.14.